The zero-order valence-electron chi connectivity index (χ0n) is 20.8. The summed E-state index contributed by atoms with van der Waals surface area (Å²) in [5.41, 5.74) is 3.87. The molecule has 0 radical (unpaired) electrons. The Kier molecular flexibility index (Phi) is 7.12. The smallest absolute Gasteiger partial charge is 0.276 e. The highest BCUT2D eigenvalue weighted by Gasteiger charge is 2.55. The molecule has 1 N–H and O–H groups in total. The Hall–Kier alpha value is -3.16. The molecule has 1 aliphatic heterocycles. The van der Waals surface area contributed by atoms with Crippen molar-refractivity contribution in [2.75, 3.05) is 7.11 Å². The summed E-state index contributed by atoms with van der Waals surface area (Å²) in [4.78, 5) is 5.27. The molecule has 0 amide bonds. The Labute approximate surface area is 214 Å². The summed E-state index contributed by atoms with van der Waals surface area (Å²) in [5.74, 6) is 0.822. The maximum absolute atomic E-state index is 13.1. The largest absolute Gasteiger partial charge is 0.497 e. The van der Waals surface area contributed by atoms with Gasteiger partial charge in [-0.3, -0.25) is 4.90 Å². The van der Waals surface area contributed by atoms with Crippen LogP contribution >= 0.6 is 0 Å². The van der Waals surface area contributed by atoms with E-state index >= 15 is 0 Å². The SMILES string of the molecule is COc1ccc([C@H]2[C@@H](/C(=N/NS(=O)(=O)c3ccc(C)cc3)c3ccccc3)N2C2CCCCC2)cc1. The molecule has 5 rings (SSSR count). The Morgan fingerprint density at radius 2 is 1.58 bits per heavy atom. The maximum atomic E-state index is 13.1. The van der Waals surface area contributed by atoms with Gasteiger partial charge in [0.25, 0.3) is 10.0 Å². The average molecular weight is 504 g/mol. The number of nitrogens with zero attached hydrogens (tertiary/aromatic N) is 2. The molecule has 6 nitrogen and oxygen atoms in total. The second-order valence-electron chi connectivity index (χ2n) is 9.67. The number of nitrogens with one attached hydrogen (secondary N) is 1. The molecule has 1 aliphatic carbocycles. The topological polar surface area (TPSA) is 70.8 Å². The van der Waals surface area contributed by atoms with Crippen molar-refractivity contribution < 1.29 is 13.2 Å². The molecule has 0 aromatic heterocycles. The number of benzene rings is 3. The second-order valence-corrected chi connectivity index (χ2v) is 11.3. The molecule has 1 saturated heterocycles. The van der Waals surface area contributed by atoms with E-state index in [1.165, 1.54) is 24.8 Å². The van der Waals surface area contributed by atoms with Crippen molar-refractivity contribution in [1.82, 2.24) is 9.73 Å². The molecule has 1 unspecified atom stereocenters. The predicted molar refractivity (Wildman–Crippen MR) is 143 cm³/mol. The first kappa shape index (κ1) is 24.5. The molecule has 2 fully saturated rings. The fraction of sp³-hybridized carbons (Fsp3) is 0.345. The van der Waals surface area contributed by atoms with Gasteiger partial charge in [-0.1, -0.05) is 79.4 Å². The van der Waals surface area contributed by atoms with Crippen LogP contribution in [0.15, 0.2) is 88.9 Å². The fourth-order valence-electron chi connectivity index (χ4n) is 5.32. The molecule has 0 bridgehead atoms. The minimum absolute atomic E-state index is 0.00962. The summed E-state index contributed by atoms with van der Waals surface area (Å²) in [5, 5.41) is 4.59. The first-order chi connectivity index (χ1) is 17.5. The van der Waals surface area contributed by atoms with Crippen molar-refractivity contribution in [3.8, 4) is 5.75 Å². The molecule has 3 aromatic carbocycles. The fourth-order valence-corrected chi connectivity index (χ4v) is 6.14. The highest BCUT2D eigenvalue weighted by atomic mass is 32.2. The van der Waals surface area contributed by atoms with E-state index < -0.39 is 10.0 Å². The lowest BCUT2D eigenvalue weighted by Crippen LogP contribution is -2.28. The molecule has 3 atom stereocenters. The number of ether oxygens (including phenoxy) is 1. The van der Waals surface area contributed by atoms with Crippen molar-refractivity contribution in [3.05, 3.63) is 95.6 Å². The van der Waals surface area contributed by atoms with Crippen molar-refractivity contribution in [3.63, 3.8) is 0 Å². The Bertz CT molecular complexity index is 1300. The molecular formula is C29H33N3O3S. The first-order valence-corrected chi connectivity index (χ1v) is 14.1. The summed E-state index contributed by atoms with van der Waals surface area (Å²) >= 11 is 0. The van der Waals surface area contributed by atoms with Crippen molar-refractivity contribution >= 4 is 15.7 Å². The van der Waals surface area contributed by atoms with Gasteiger partial charge in [-0.2, -0.15) is 18.4 Å². The Balaban J connectivity index is 1.51. The maximum Gasteiger partial charge on any atom is 0.276 e. The highest BCUT2D eigenvalue weighted by Crippen LogP contribution is 2.49. The van der Waals surface area contributed by atoms with Crippen LogP contribution < -0.4 is 9.57 Å². The number of hydrogen-bond acceptors (Lipinski definition) is 5. The molecule has 1 saturated carbocycles. The van der Waals surface area contributed by atoms with E-state index in [2.05, 4.69) is 27.0 Å². The number of hydrogen-bond donors (Lipinski definition) is 1. The second kappa shape index (κ2) is 10.4. The van der Waals surface area contributed by atoms with E-state index in [9.17, 15) is 8.42 Å². The summed E-state index contributed by atoms with van der Waals surface area (Å²) in [6.07, 6.45) is 6.03. The number of aryl methyl sites for hydroxylation is 1. The minimum atomic E-state index is -3.79. The van der Waals surface area contributed by atoms with Gasteiger partial charge in [-0.15, -0.1) is 0 Å². The molecule has 2 aliphatic rings. The molecule has 3 aromatic rings. The van der Waals surface area contributed by atoms with Gasteiger partial charge in [-0.25, -0.2) is 0 Å². The van der Waals surface area contributed by atoms with Gasteiger partial charge in [0.05, 0.1) is 29.8 Å². The van der Waals surface area contributed by atoms with Crippen LogP contribution in [-0.4, -0.2) is 38.2 Å². The summed E-state index contributed by atoms with van der Waals surface area (Å²) in [6, 6.07) is 25.5. The Morgan fingerprint density at radius 1 is 0.917 bits per heavy atom. The van der Waals surface area contributed by atoms with E-state index in [0.29, 0.717) is 6.04 Å². The zero-order chi connectivity index (χ0) is 25.1. The van der Waals surface area contributed by atoms with Crippen molar-refractivity contribution in [1.29, 1.82) is 0 Å². The third-order valence-electron chi connectivity index (χ3n) is 7.27. The van der Waals surface area contributed by atoms with Gasteiger partial charge in [0, 0.05) is 6.04 Å². The third-order valence-corrected chi connectivity index (χ3v) is 8.50. The lowest BCUT2D eigenvalue weighted by atomic mass is 9.95. The lowest BCUT2D eigenvalue weighted by molar-refractivity contribution is 0.277. The van der Waals surface area contributed by atoms with Gasteiger partial charge in [-0.05, 0) is 55.2 Å². The number of rotatable bonds is 8. The molecule has 0 spiro atoms. The van der Waals surface area contributed by atoms with Gasteiger partial charge < -0.3 is 4.74 Å². The van der Waals surface area contributed by atoms with Crippen LogP contribution in [-0.2, 0) is 10.0 Å². The quantitative estimate of drug-likeness (QED) is 0.252. The molecule has 7 heteroatoms. The van der Waals surface area contributed by atoms with E-state index in [-0.39, 0.29) is 17.0 Å². The summed E-state index contributed by atoms with van der Waals surface area (Å²) in [6.45, 7) is 1.93. The number of methoxy groups -OCH3 is 1. The lowest BCUT2D eigenvalue weighted by Gasteiger charge is -2.24. The van der Waals surface area contributed by atoms with Crippen molar-refractivity contribution in [2.45, 2.75) is 62.0 Å². The summed E-state index contributed by atoms with van der Waals surface area (Å²) < 4.78 is 31.5. The molecule has 1 heterocycles. The van der Waals surface area contributed by atoms with Crippen LogP contribution in [0.1, 0.15) is 54.8 Å². The van der Waals surface area contributed by atoms with Crippen LogP contribution in [0.2, 0.25) is 0 Å². The van der Waals surface area contributed by atoms with Gasteiger partial charge in [0.2, 0.25) is 0 Å². The Morgan fingerprint density at radius 3 is 2.22 bits per heavy atom. The normalized spacial score (nSPS) is 22.7. The highest BCUT2D eigenvalue weighted by molar-refractivity contribution is 7.89. The first-order valence-electron chi connectivity index (χ1n) is 12.6. The molecule has 36 heavy (non-hydrogen) atoms. The van der Waals surface area contributed by atoms with Gasteiger partial charge in [0.1, 0.15) is 5.75 Å². The third kappa shape index (κ3) is 5.18. The predicted octanol–water partition coefficient (Wildman–Crippen LogP) is 5.44. The van der Waals surface area contributed by atoms with Crippen LogP contribution in [0.4, 0.5) is 0 Å². The van der Waals surface area contributed by atoms with Crippen LogP contribution in [0, 0.1) is 6.92 Å². The van der Waals surface area contributed by atoms with E-state index in [1.807, 2.05) is 49.4 Å². The van der Waals surface area contributed by atoms with Gasteiger partial charge in [0.15, 0.2) is 0 Å². The number of sulfonamides is 1. The van der Waals surface area contributed by atoms with E-state index in [4.69, 9.17) is 4.74 Å². The van der Waals surface area contributed by atoms with Crippen LogP contribution in [0.5, 0.6) is 5.75 Å². The van der Waals surface area contributed by atoms with Crippen LogP contribution in [0.3, 0.4) is 0 Å². The molecular weight excluding hydrogens is 470 g/mol. The standard InChI is InChI=1S/C29H33N3O3S/c1-21-13-19-26(20-14-21)36(33,34)31-30-27(22-9-5-3-6-10-22)29-28(23-15-17-25(35-2)18-16-23)32(29)24-11-7-4-8-12-24/h3,5-6,9-10,13-20,24,28-29,31H,4,7-8,11-12H2,1-2H3/b30-27+/t28-,29+,32?/m0/s1. The average Bonchev–Trinajstić information content (AvgIpc) is 3.65. The molecule has 188 valence electrons. The van der Waals surface area contributed by atoms with Crippen molar-refractivity contribution in [2.24, 2.45) is 5.10 Å². The van der Waals surface area contributed by atoms with E-state index in [0.717, 1.165) is 35.4 Å². The van der Waals surface area contributed by atoms with Crippen LogP contribution in [0.25, 0.3) is 0 Å². The monoisotopic (exact) mass is 503 g/mol. The van der Waals surface area contributed by atoms with E-state index in [1.54, 1.807) is 31.4 Å². The number of hydrazone groups is 1. The summed E-state index contributed by atoms with van der Waals surface area (Å²) in [7, 11) is -2.12. The zero-order valence-corrected chi connectivity index (χ0v) is 21.6. The minimum Gasteiger partial charge on any atom is -0.497 e. The van der Waals surface area contributed by atoms with Gasteiger partial charge >= 0.3 is 0 Å².